The van der Waals surface area contributed by atoms with Crippen LogP contribution in [-0.2, 0) is 0 Å². The monoisotopic (exact) mass is 277 g/mol. The second-order valence-corrected chi connectivity index (χ2v) is 4.51. The summed E-state index contributed by atoms with van der Waals surface area (Å²) in [6, 6.07) is 12.1. The van der Waals surface area contributed by atoms with E-state index in [2.05, 4.69) is 5.32 Å². The third kappa shape index (κ3) is 3.40. The van der Waals surface area contributed by atoms with E-state index in [-0.39, 0.29) is 18.2 Å². The summed E-state index contributed by atoms with van der Waals surface area (Å²) < 4.78 is 27.9. The van der Waals surface area contributed by atoms with Crippen molar-refractivity contribution >= 4 is 0 Å². The molecule has 2 N–H and O–H groups in total. The van der Waals surface area contributed by atoms with E-state index in [0.717, 1.165) is 0 Å². The van der Waals surface area contributed by atoms with Crippen molar-refractivity contribution in [1.82, 2.24) is 5.32 Å². The summed E-state index contributed by atoms with van der Waals surface area (Å²) in [5.74, 6) is -0.755. The van der Waals surface area contributed by atoms with Crippen LogP contribution in [0.5, 0.6) is 0 Å². The van der Waals surface area contributed by atoms with E-state index in [0.29, 0.717) is 24.1 Å². The fourth-order valence-electron chi connectivity index (χ4n) is 2.13. The molecular weight excluding hydrogens is 260 g/mol. The summed E-state index contributed by atoms with van der Waals surface area (Å²) in [6.07, 6.45) is 0.527. The molecule has 0 radical (unpaired) electrons. The fourth-order valence-corrected chi connectivity index (χ4v) is 2.13. The standard InChI is InChI=1S/C16H17F2NO/c17-14-8-3-1-6-12(14)16(19-10-5-11-20)13-7-2-4-9-15(13)18/h1-4,6-9,16,19-20H,5,10-11H2. The van der Waals surface area contributed by atoms with Crippen LogP contribution in [0, 0.1) is 11.6 Å². The Balaban J connectivity index is 2.35. The summed E-state index contributed by atoms with van der Waals surface area (Å²) in [7, 11) is 0. The van der Waals surface area contributed by atoms with Gasteiger partial charge in [0.05, 0.1) is 6.04 Å². The zero-order valence-electron chi connectivity index (χ0n) is 11.0. The van der Waals surface area contributed by atoms with Crippen molar-refractivity contribution in [3.8, 4) is 0 Å². The number of halogens is 2. The van der Waals surface area contributed by atoms with E-state index >= 15 is 0 Å². The number of aliphatic hydroxyl groups excluding tert-OH is 1. The first-order chi connectivity index (χ1) is 9.74. The molecule has 0 bridgehead atoms. The lowest BCUT2D eigenvalue weighted by Gasteiger charge is -2.20. The molecule has 0 aliphatic rings. The third-order valence-corrected chi connectivity index (χ3v) is 3.12. The second kappa shape index (κ2) is 7.12. The molecule has 2 rings (SSSR count). The molecule has 0 fully saturated rings. The van der Waals surface area contributed by atoms with Crippen molar-refractivity contribution in [2.45, 2.75) is 12.5 Å². The van der Waals surface area contributed by atoms with E-state index in [1.165, 1.54) is 12.1 Å². The lowest BCUT2D eigenvalue weighted by molar-refractivity contribution is 0.284. The minimum Gasteiger partial charge on any atom is -0.396 e. The predicted octanol–water partition coefficient (Wildman–Crippen LogP) is 3.03. The van der Waals surface area contributed by atoms with Gasteiger partial charge >= 0.3 is 0 Å². The Kier molecular flexibility index (Phi) is 5.21. The van der Waals surface area contributed by atoms with Crippen molar-refractivity contribution < 1.29 is 13.9 Å². The quantitative estimate of drug-likeness (QED) is 0.795. The Morgan fingerprint density at radius 1 is 0.900 bits per heavy atom. The van der Waals surface area contributed by atoms with Crippen LogP contribution in [0.3, 0.4) is 0 Å². The van der Waals surface area contributed by atoms with Crippen LogP contribution < -0.4 is 5.32 Å². The van der Waals surface area contributed by atoms with Gasteiger partial charge in [0, 0.05) is 17.7 Å². The first-order valence-corrected chi connectivity index (χ1v) is 6.57. The van der Waals surface area contributed by atoms with Crippen molar-refractivity contribution in [3.05, 3.63) is 71.3 Å². The minimum absolute atomic E-state index is 0.0360. The lowest BCUT2D eigenvalue weighted by Crippen LogP contribution is -2.25. The summed E-state index contributed by atoms with van der Waals surface area (Å²) in [4.78, 5) is 0. The maximum atomic E-state index is 14.0. The molecule has 0 aromatic heterocycles. The molecule has 0 spiro atoms. The van der Waals surface area contributed by atoms with Gasteiger partial charge in [0.25, 0.3) is 0 Å². The molecular formula is C16H17F2NO. The number of rotatable bonds is 6. The Morgan fingerprint density at radius 2 is 1.40 bits per heavy atom. The van der Waals surface area contributed by atoms with E-state index in [9.17, 15) is 8.78 Å². The molecule has 2 aromatic carbocycles. The molecule has 20 heavy (non-hydrogen) atoms. The summed E-state index contributed by atoms with van der Waals surface area (Å²) in [5, 5.41) is 11.9. The minimum atomic E-state index is -0.566. The normalized spacial score (nSPS) is 11.0. The van der Waals surface area contributed by atoms with Gasteiger partial charge in [-0.2, -0.15) is 0 Å². The van der Waals surface area contributed by atoms with E-state index in [1.54, 1.807) is 36.4 Å². The smallest absolute Gasteiger partial charge is 0.128 e. The predicted molar refractivity (Wildman–Crippen MR) is 74.3 cm³/mol. The second-order valence-electron chi connectivity index (χ2n) is 4.51. The Labute approximate surface area is 117 Å². The van der Waals surface area contributed by atoms with Gasteiger partial charge in [-0.3, -0.25) is 0 Å². The number of benzene rings is 2. The topological polar surface area (TPSA) is 32.3 Å². The van der Waals surface area contributed by atoms with Gasteiger partial charge in [0.2, 0.25) is 0 Å². The number of hydrogen-bond acceptors (Lipinski definition) is 2. The highest BCUT2D eigenvalue weighted by molar-refractivity contribution is 5.33. The lowest BCUT2D eigenvalue weighted by atomic mass is 9.97. The van der Waals surface area contributed by atoms with Crippen molar-refractivity contribution in [2.24, 2.45) is 0 Å². The van der Waals surface area contributed by atoms with Gasteiger partial charge in [-0.15, -0.1) is 0 Å². The summed E-state index contributed by atoms with van der Waals surface area (Å²) >= 11 is 0. The first-order valence-electron chi connectivity index (χ1n) is 6.57. The molecule has 2 aromatic rings. The number of nitrogens with one attached hydrogen (secondary N) is 1. The van der Waals surface area contributed by atoms with Gasteiger partial charge in [0.1, 0.15) is 11.6 Å². The Hall–Kier alpha value is -1.78. The SMILES string of the molecule is OCCCNC(c1ccccc1F)c1ccccc1F. The van der Waals surface area contributed by atoms with Gasteiger partial charge in [0.15, 0.2) is 0 Å². The highest BCUT2D eigenvalue weighted by Crippen LogP contribution is 2.26. The van der Waals surface area contributed by atoms with Gasteiger partial charge in [-0.1, -0.05) is 36.4 Å². The van der Waals surface area contributed by atoms with Crippen molar-refractivity contribution in [2.75, 3.05) is 13.2 Å². The summed E-state index contributed by atoms with van der Waals surface area (Å²) in [6.45, 7) is 0.512. The molecule has 4 heteroatoms. The highest BCUT2D eigenvalue weighted by Gasteiger charge is 2.19. The van der Waals surface area contributed by atoms with Crippen LogP contribution in [0.2, 0.25) is 0 Å². The average molecular weight is 277 g/mol. The maximum absolute atomic E-state index is 14.0. The van der Waals surface area contributed by atoms with Crippen LogP contribution in [0.1, 0.15) is 23.6 Å². The molecule has 0 heterocycles. The van der Waals surface area contributed by atoms with E-state index in [4.69, 9.17) is 5.11 Å². The van der Waals surface area contributed by atoms with Crippen LogP contribution in [0.15, 0.2) is 48.5 Å². The van der Waals surface area contributed by atoms with Crippen LogP contribution >= 0.6 is 0 Å². The maximum Gasteiger partial charge on any atom is 0.128 e. The van der Waals surface area contributed by atoms with Gasteiger partial charge in [-0.05, 0) is 25.1 Å². The number of aliphatic hydroxyl groups is 1. The van der Waals surface area contributed by atoms with Crippen LogP contribution in [-0.4, -0.2) is 18.3 Å². The molecule has 0 aliphatic heterocycles. The summed E-state index contributed by atoms with van der Waals surface area (Å²) in [5.41, 5.74) is 0.797. The van der Waals surface area contributed by atoms with Crippen LogP contribution in [0.4, 0.5) is 8.78 Å². The molecule has 0 saturated carbocycles. The third-order valence-electron chi connectivity index (χ3n) is 3.12. The molecule has 0 aliphatic carbocycles. The number of hydrogen-bond donors (Lipinski definition) is 2. The molecule has 0 atom stereocenters. The molecule has 106 valence electrons. The Morgan fingerprint density at radius 3 is 1.85 bits per heavy atom. The highest BCUT2D eigenvalue weighted by atomic mass is 19.1. The van der Waals surface area contributed by atoms with Crippen molar-refractivity contribution in [1.29, 1.82) is 0 Å². The van der Waals surface area contributed by atoms with E-state index < -0.39 is 6.04 Å². The van der Waals surface area contributed by atoms with Gasteiger partial charge in [-0.25, -0.2) is 8.78 Å². The first kappa shape index (κ1) is 14.6. The Bertz CT molecular complexity index is 514. The van der Waals surface area contributed by atoms with Crippen molar-refractivity contribution in [3.63, 3.8) is 0 Å². The largest absolute Gasteiger partial charge is 0.396 e. The van der Waals surface area contributed by atoms with Crippen LogP contribution in [0.25, 0.3) is 0 Å². The van der Waals surface area contributed by atoms with Gasteiger partial charge < -0.3 is 10.4 Å². The van der Waals surface area contributed by atoms with E-state index in [1.807, 2.05) is 0 Å². The average Bonchev–Trinajstić information content (AvgIpc) is 2.46. The molecule has 0 saturated heterocycles. The zero-order valence-corrected chi connectivity index (χ0v) is 11.0. The molecule has 0 unspecified atom stereocenters. The fraction of sp³-hybridized carbons (Fsp3) is 0.250. The zero-order chi connectivity index (χ0) is 14.4. The molecule has 0 amide bonds. The molecule has 2 nitrogen and oxygen atoms in total.